The first kappa shape index (κ1) is 19.0. The fourth-order valence-corrected chi connectivity index (χ4v) is 3.71. The number of unbranched alkanes of at least 4 members (excludes halogenated alkanes) is 1. The maximum absolute atomic E-state index is 10.4. The second-order valence-corrected chi connectivity index (χ2v) is 7.04. The molecule has 0 aromatic heterocycles. The van der Waals surface area contributed by atoms with Crippen molar-refractivity contribution in [2.75, 3.05) is 26.8 Å². The predicted octanol–water partition coefficient (Wildman–Crippen LogP) is 3.06. The van der Waals surface area contributed by atoms with E-state index >= 15 is 0 Å². The Balaban J connectivity index is 1.99. The minimum atomic E-state index is -0.595. The van der Waals surface area contributed by atoms with Gasteiger partial charge in [-0.25, -0.2) is 0 Å². The molecule has 3 atom stereocenters. The van der Waals surface area contributed by atoms with Crippen LogP contribution in [0.5, 0.6) is 0 Å². The lowest BCUT2D eigenvalue weighted by molar-refractivity contribution is -0.00187. The van der Waals surface area contributed by atoms with Crippen LogP contribution in [0.1, 0.15) is 36.9 Å². The van der Waals surface area contributed by atoms with Crippen molar-refractivity contribution < 1.29 is 14.9 Å². The van der Waals surface area contributed by atoms with Crippen LogP contribution in [0.3, 0.4) is 0 Å². The summed E-state index contributed by atoms with van der Waals surface area (Å²) in [6, 6.07) is 3.34. The van der Waals surface area contributed by atoms with Gasteiger partial charge in [0, 0.05) is 29.6 Å². The zero-order valence-corrected chi connectivity index (χ0v) is 15.1. The molecule has 4 nitrogen and oxygen atoms in total. The molecule has 0 heterocycles. The van der Waals surface area contributed by atoms with E-state index in [1.807, 2.05) is 18.0 Å². The van der Waals surface area contributed by atoms with Gasteiger partial charge in [-0.1, -0.05) is 36.5 Å². The van der Waals surface area contributed by atoms with Crippen LogP contribution in [0, 0.1) is 0 Å². The highest BCUT2D eigenvalue weighted by molar-refractivity contribution is 6.35. The van der Waals surface area contributed by atoms with Crippen molar-refractivity contribution in [2.45, 2.75) is 44.4 Å². The van der Waals surface area contributed by atoms with Gasteiger partial charge in [-0.05, 0) is 36.7 Å². The molecule has 0 aliphatic heterocycles. The van der Waals surface area contributed by atoms with Crippen molar-refractivity contribution >= 4 is 23.2 Å². The molecular weight excluding hydrogens is 337 g/mol. The minimum Gasteiger partial charge on any atom is -0.391 e. The first-order valence-electron chi connectivity index (χ1n) is 8.06. The molecule has 0 spiro atoms. The number of hydrogen-bond acceptors (Lipinski definition) is 4. The summed E-state index contributed by atoms with van der Waals surface area (Å²) in [5, 5.41) is 21.7. The Hall–Kier alpha value is -0.360. The summed E-state index contributed by atoms with van der Waals surface area (Å²) in [7, 11) is 1.88. The number of rotatable bonds is 8. The van der Waals surface area contributed by atoms with E-state index in [9.17, 15) is 10.2 Å². The molecule has 1 aliphatic rings. The number of hydrogen-bond donors (Lipinski definition) is 2. The van der Waals surface area contributed by atoms with E-state index in [0.717, 1.165) is 24.0 Å². The molecule has 1 aromatic carbocycles. The monoisotopic (exact) mass is 361 g/mol. The third-order valence-electron chi connectivity index (χ3n) is 4.22. The van der Waals surface area contributed by atoms with Crippen LogP contribution < -0.4 is 0 Å². The smallest absolute Gasteiger partial charge is 0.0900 e. The van der Waals surface area contributed by atoms with E-state index in [2.05, 4.69) is 6.92 Å². The maximum atomic E-state index is 10.4. The third kappa shape index (κ3) is 4.81. The number of aliphatic hydroxyl groups excluding tert-OH is 2. The van der Waals surface area contributed by atoms with Gasteiger partial charge in [-0.3, -0.25) is 4.90 Å². The summed E-state index contributed by atoms with van der Waals surface area (Å²) >= 11 is 12.3. The molecular formula is C17H25Cl2NO3. The number of nitrogens with zero attached hydrogens (tertiary/aromatic N) is 1. The summed E-state index contributed by atoms with van der Waals surface area (Å²) in [6.07, 6.45) is 1.42. The lowest BCUT2D eigenvalue weighted by Gasteiger charge is -2.29. The quantitative estimate of drug-likeness (QED) is 0.698. The van der Waals surface area contributed by atoms with Gasteiger partial charge >= 0.3 is 0 Å². The highest BCUT2D eigenvalue weighted by Crippen LogP contribution is 2.40. The van der Waals surface area contributed by atoms with Gasteiger partial charge in [0.15, 0.2) is 0 Å². The third-order valence-corrected chi connectivity index (χ3v) is 4.77. The lowest BCUT2D eigenvalue weighted by Crippen LogP contribution is -2.38. The average molecular weight is 362 g/mol. The molecule has 0 radical (unpaired) electrons. The van der Waals surface area contributed by atoms with Gasteiger partial charge in [-0.2, -0.15) is 0 Å². The Bertz CT molecular complexity index is 527. The van der Waals surface area contributed by atoms with E-state index < -0.39 is 12.2 Å². The van der Waals surface area contributed by atoms with Crippen molar-refractivity contribution in [3.8, 4) is 0 Å². The average Bonchev–Trinajstić information content (AvgIpc) is 2.80. The lowest BCUT2D eigenvalue weighted by atomic mass is 10.1. The molecule has 23 heavy (non-hydrogen) atoms. The van der Waals surface area contributed by atoms with E-state index in [0.29, 0.717) is 36.2 Å². The number of halogens is 2. The molecule has 1 aromatic rings. The standard InChI is InChI=1S/C17H25Cl2NO3/c1-3-4-5-23-10-12(21)9-20(2)17-14-6-11(18)7-15(19)13(14)8-16(17)22/h6-7,12,16-17,21-22H,3-5,8-10H2,1-2H3. The minimum absolute atomic E-state index is 0.216. The Morgan fingerprint density at radius 3 is 2.83 bits per heavy atom. The van der Waals surface area contributed by atoms with E-state index in [-0.39, 0.29) is 6.04 Å². The molecule has 0 saturated heterocycles. The first-order chi connectivity index (χ1) is 10.9. The van der Waals surface area contributed by atoms with Gasteiger partial charge < -0.3 is 14.9 Å². The zero-order chi connectivity index (χ0) is 17.0. The van der Waals surface area contributed by atoms with E-state index in [4.69, 9.17) is 27.9 Å². The molecule has 2 rings (SSSR count). The predicted molar refractivity (Wildman–Crippen MR) is 93.3 cm³/mol. The van der Waals surface area contributed by atoms with Crippen molar-refractivity contribution in [1.82, 2.24) is 4.90 Å². The summed E-state index contributed by atoms with van der Waals surface area (Å²) in [4.78, 5) is 1.94. The van der Waals surface area contributed by atoms with Crippen molar-refractivity contribution in [3.05, 3.63) is 33.3 Å². The molecule has 0 fully saturated rings. The van der Waals surface area contributed by atoms with Crippen molar-refractivity contribution in [1.29, 1.82) is 0 Å². The molecule has 130 valence electrons. The Labute approximate surface area is 148 Å². The van der Waals surface area contributed by atoms with Crippen LogP contribution in [0.2, 0.25) is 10.0 Å². The van der Waals surface area contributed by atoms with Crippen molar-refractivity contribution in [3.63, 3.8) is 0 Å². The molecule has 3 unspecified atom stereocenters. The zero-order valence-electron chi connectivity index (χ0n) is 13.6. The Morgan fingerprint density at radius 2 is 2.13 bits per heavy atom. The SMILES string of the molecule is CCCCOCC(O)CN(C)C1c2cc(Cl)cc(Cl)c2CC1O. The molecule has 2 N–H and O–H groups in total. The number of likely N-dealkylation sites (N-methyl/N-ethyl adjacent to an activating group) is 1. The normalized spacial score (nSPS) is 21.7. The molecule has 6 heteroatoms. The number of aliphatic hydroxyl groups is 2. The van der Waals surface area contributed by atoms with Gasteiger partial charge in [-0.15, -0.1) is 0 Å². The van der Waals surface area contributed by atoms with Gasteiger partial charge in [0.25, 0.3) is 0 Å². The van der Waals surface area contributed by atoms with E-state index in [1.165, 1.54) is 0 Å². The van der Waals surface area contributed by atoms with Crippen LogP contribution in [0.4, 0.5) is 0 Å². The van der Waals surface area contributed by atoms with Crippen LogP contribution in [0.15, 0.2) is 12.1 Å². The van der Waals surface area contributed by atoms with Crippen LogP contribution in [0.25, 0.3) is 0 Å². The topological polar surface area (TPSA) is 52.9 Å². The Kier molecular flexibility index (Phi) is 7.14. The summed E-state index contributed by atoms with van der Waals surface area (Å²) < 4.78 is 5.45. The Morgan fingerprint density at radius 1 is 1.39 bits per heavy atom. The molecule has 0 amide bonds. The highest BCUT2D eigenvalue weighted by atomic mass is 35.5. The van der Waals surface area contributed by atoms with Crippen LogP contribution in [-0.2, 0) is 11.2 Å². The highest BCUT2D eigenvalue weighted by Gasteiger charge is 2.36. The number of fused-ring (bicyclic) bond motifs is 1. The number of benzene rings is 1. The summed E-state index contributed by atoms with van der Waals surface area (Å²) in [6.45, 7) is 3.48. The van der Waals surface area contributed by atoms with Crippen molar-refractivity contribution in [2.24, 2.45) is 0 Å². The van der Waals surface area contributed by atoms with Gasteiger partial charge in [0.05, 0.1) is 24.9 Å². The fraction of sp³-hybridized carbons (Fsp3) is 0.647. The van der Waals surface area contributed by atoms with E-state index in [1.54, 1.807) is 6.07 Å². The van der Waals surface area contributed by atoms with Gasteiger partial charge in [0.1, 0.15) is 0 Å². The molecule has 1 aliphatic carbocycles. The summed E-state index contributed by atoms with van der Waals surface area (Å²) in [5.41, 5.74) is 1.88. The molecule has 0 saturated carbocycles. The van der Waals surface area contributed by atoms with Gasteiger partial charge in [0.2, 0.25) is 0 Å². The van der Waals surface area contributed by atoms with Crippen LogP contribution in [-0.4, -0.2) is 54.1 Å². The largest absolute Gasteiger partial charge is 0.391 e. The van der Waals surface area contributed by atoms with Crippen LogP contribution >= 0.6 is 23.2 Å². The second kappa shape index (κ2) is 8.65. The second-order valence-electron chi connectivity index (χ2n) is 6.19. The summed E-state index contributed by atoms with van der Waals surface area (Å²) in [5.74, 6) is 0. The number of ether oxygens (including phenoxy) is 1. The maximum Gasteiger partial charge on any atom is 0.0900 e. The fourth-order valence-electron chi connectivity index (χ4n) is 3.13. The first-order valence-corrected chi connectivity index (χ1v) is 8.81. The molecule has 0 bridgehead atoms.